The molecule has 0 N–H and O–H groups in total. The van der Waals surface area contributed by atoms with E-state index in [-0.39, 0.29) is 18.0 Å². The van der Waals surface area contributed by atoms with Crippen molar-refractivity contribution in [3.05, 3.63) is 65.5 Å². The molecule has 30 heavy (non-hydrogen) atoms. The lowest BCUT2D eigenvalue weighted by molar-refractivity contribution is -0.261. The van der Waals surface area contributed by atoms with Crippen molar-refractivity contribution in [2.75, 3.05) is 46.5 Å². The van der Waals surface area contributed by atoms with Crippen molar-refractivity contribution in [2.45, 2.75) is 18.8 Å². The number of rotatable bonds is 4. The number of ether oxygens (including phenoxy) is 3. The fourth-order valence-corrected chi connectivity index (χ4v) is 4.14. The largest absolute Gasteiger partial charge is 0.496 e. The topological polar surface area (TPSA) is 51.2 Å². The third kappa shape index (κ3) is 4.48. The fraction of sp³-hybridized carbons (Fsp3) is 0.435. The van der Waals surface area contributed by atoms with E-state index in [1.165, 1.54) is 12.1 Å². The summed E-state index contributed by atoms with van der Waals surface area (Å²) in [5, 5.41) is 0. The Bertz CT molecular complexity index is 893. The molecule has 6 nitrogen and oxygen atoms in total. The lowest BCUT2D eigenvalue weighted by atomic mass is 10.1. The van der Waals surface area contributed by atoms with Crippen LogP contribution in [0.3, 0.4) is 0 Å². The average molecular weight is 414 g/mol. The van der Waals surface area contributed by atoms with Crippen LogP contribution in [0, 0.1) is 5.82 Å². The van der Waals surface area contributed by atoms with Gasteiger partial charge in [-0.1, -0.05) is 30.3 Å². The Morgan fingerprint density at radius 2 is 1.83 bits per heavy atom. The zero-order valence-corrected chi connectivity index (χ0v) is 17.2. The van der Waals surface area contributed by atoms with E-state index in [0.29, 0.717) is 32.8 Å². The lowest BCUT2D eigenvalue weighted by Crippen LogP contribution is -2.59. The molecule has 0 aromatic heterocycles. The first-order valence-corrected chi connectivity index (χ1v) is 10.3. The quantitative estimate of drug-likeness (QED) is 0.770. The first-order chi connectivity index (χ1) is 14.6. The first-order valence-electron chi connectivity index (χ1n) is 10.3. The van der Waals surface area contributed by atoms with Gasteiger partial charge in [-0.3, -0.25) is 9.69 Å². The van der Waals surface area contributed by atoms with E-state index in [2.05, 4.69) is 4.90 Å². The third-order valence-corrected chi connectivity index (χ3v) is 5.58. The van der Waals surface area contributed by atoms with E-state index in [9.17, 15) is 9.18 Å². The maximum absolute atomic E-state index is 14.1. The van der Waals surface area contributed by atoms with Crippen molar-refractivity contribution < 1.29 is 23.4 Å². The molecule has 2 heterocycles. The number of halogens is 1. The highest BCUT2D eigenvalue weighted by Crippen LogP contribution is 2.28. The Balaban J connectivity index is 1.50. The van der Waals surface area contributed by atoms with Gasteiger partial charge in [0.2, 0.25) is 0 Å². The Kier molecular flexibility index (Phi) is 6.32. The number of carbonyl (C=O) groups is 1. The van der Waals surface area contributed by atoms with E-state index in [4.69, 9.17) is 14.2 Å². The molecule has 0 aliphatic carbocycles. The standard InChI is InChI=1S/C23H27FN2O4/c1-28-21-10-5-2-7-18(21)15-25-11-6-13-29-23(16-25)17-26(12-14-30-23)22(27)19-8-3-4-9-20(19)24/h2-5,7-10H,6,11-17H2,1H3. The van der Waals surface area contributed by atoms with Crippen LogP contribution in [0.2, 0.25) is 0 Å². The van der Waals surface area contributed by atoms with Crippen molar-refractivity contribution in [2.24, 2.45) is 0 Å². The van der Waals surface area contributed by atoms with E-state index < -0.39 is 11.6 Å². The van der Waals surface area contributed by atoms with E-state index in [0.717, 1.165) is 24.3 Å². The summed E-state index contributed by atoms with van der Waals surface area (Å²) >= 11 is 0. The van der Waals surface area contributed by atoms with Crippen LogP contribution in [0.1, 0.15) is 22.3 Å². The molecule has 4 rings (SSSR count). The summed E-state index contributed by atoms with van der Waals surface area (Å²) in [6.07, 6.45) is 0.863. The monoisotopic (exact) mass is 414 g/mol. The molecule has 2 aliphatic rings. The summed E-state index contributed by atoms with van der Waals surface area (Å²) in [6, 6.07) is 14.0. The fourth-order valence-electron chi connectivity index (χ4n) is 4.14. The molecular formula is C23H27FN2O4. The Labute approximate surface area is 176 Å². The molecule has 0 bridgehead atoms. The summed E-state index contributed by atoms with van der Waals surface area (Å²) in [5.74, 6) is -0.919. The van der Waals surface area contributed by atoms with Crippen LogP contribution in [0.4, 0.5) is 4.39 Å². The van der Waals surface area contributed by atoms with Crippen molar-refractivity contribution in [3.8, 4) is 5.75 Å². The van der Waals surface area contributed by atoms with Gasteiger partial charge < -0.3 is 19.1 Å². The summed E-state index contributed by atoms with van der Waals surface area (Å²) in [7, 11) is 1.67. The number of morpholine rings is 1. The van der Waals surface area contributed by atoms with Gasteiger partial charge in [-0.25, -0.2) is 4.39 Å². The highest BCUT2D eigenvalue weighted by atomic mass is 19.1. The number of methoxy groups -OCH3 is 1. The molecule has 0 radical (unpaired) electrons. The number of para-hydroxylation sites is 1. The lowest BCUT2D eigenvalue weighted by Gasteiger charge is -2.43. The maximum Gasteiger partial charge on any atom is 0.257 e. The van der Waals surface area contributed by atoms with Crippen LogP contribution >= 0.6 is 0 Å². The van der Waals surface area contributed by atoms with Gasteiger partial charge in [0, 0.05) is 25.2 Å². The van der Waals surface area contributed by atoms with Crippen LogP contribution in [0.5, 0.6) is 5.75 Å². The van der Waals surface area contributed by atoms with Crippen LogP contribution < -0.4 is 4.74 Å². The number of carbonyl (C=O) groups excluding carboxylic acids is 1. The SMILES string of the molecule is COc1ccccc1CN1CCCOC2(C1)CN(C(=O)c1ccccc1F)CCO2. The minimum atomic E-state index is -0.919. The minimum absolute atomic E-state index is 0.0778. The van der Waals surface area contributed by atoms with Gasteiger partial charge in [-0.05, 0) is 24.6 Å². The summed E-state index contributed by atoms with van der Waals surface area (Å²) in [5.41, 5.74) is 1.17. The molecule has 0 saturated carbocycles. The van der Waals surface area contributed by atoms with E-state index >= 15 is 0 Å². The zero-order chi connectivity index (χ0) is 21.0. The molecule has 2 aliphatic heterocycles. The summed E-state index contributed by atoms with van der Waals surface area (Å²) < 4.78 is 31.8. The number of amides is 1. The molecule has 2 fully saturated rings. The third-order valence-electron chi connectivity index (χ3n) is 5.58. The van der Waals surface area contributed by atoms with Crippen molar-refractivity contribution in [1.29, 1.82) is 0 Å². The molecular weight excluding hydrogens is 387 g/mol. The predicted molar refractivity (Wildman–Crippen MR) is 110 cm³/mol. The Morgan fingerprint density at radius 3 is 2.67 bits per heavy atom. The molecule has 1 spiro atoms. The smallest absolute Gasteiger partial charge is 0.257 e. The van der Waals surface area contributed by atoms with Crippen molar-refractivity contribution in [1.82, 2.24) is 9.80 Å². The second-order valence-corrected chi connectivity index (χ2v) is 7.69. The van der Waals surface area contributed by atoms with E-state index in [1.807, 2.05) is 24.3 Å². The van der Waals surface area contributed by atoms with Crippen LogP contribution in [-0.2, 0) is 16.0 Å². The zero-order valence-electron chi connectivity index (χ0n) is 17.2. The molecule has 1 unspecified atom stereocenters. The summed E-state index contributed by atoms with van der Waals surface area (Å²) in [4.78, 5) is 16.8. The highest BCUT2D eigenvalue weighted by molar-refractivity contribution is 5.94. The number of hydrogen-bond acceptors (Lipinski definition) is 5. The van der Waals surface area contributed by atoms with Gasteiger partial charge >= 0.3 is 0 Å². The second-order valence-electron chi connectivity index (χ2n) is 7.69. The summed E-state index contributed by atoms with van der Waals surface area (Å²) in [6.45, 7) is 3.64. The van der Waals surface area contributed by atoms with Gasteiger partial charge in [0.25, 0.3) is 5.91 Å². The number of benzene rings is 2. The van der Waals surface area contributed by atoms with Crippen LogP contribution in [0.25, 0.3) is 0 Å². The van der Waals surface area contributed by atoms with Crippen molar-refractivity contribution >= 4 is 5.91 Å². The van der Waals surface area contributed by atoms with Crippen molar-refractivity contribution in [3.63, 3.8) is 0 Å². The molecule has 1 atom stereocenters. The minimum Gasteiger partial charge on any atom is -0.496 e. The molecule has 2 saturated heterocycles. The first kappa shape index (κ1) is 20.8. The Morgan fingerprint density at radius 1 is 1.07 bits per heavy atom. The van der Waals surface area contributed by atoms with Gasteiger partial charge in [0.15, 0.2) is 5.79 Å². The average Bonchev–Trinajstić information content (AvgIpc) is 2.95. The van der Waals surface area contributed by atoms with Crippen LogP contribution in [0.15, 0.2) is 48.5 Å². The van der Waals surface area contributed by atoms with Gasteiger partial charge in [-0.2, -0.15) is 0 Å². The predicted octanol–water partition coefficient (Wildman–Crippen LogP) is 2.93. The molecule has 7 heteroatoms. The number of hydrogen-bond donors (Lipinski definition) is 0. The molecule has 160 valence electrons. The van der Waals surface area contributed by atoms with E-state index in [1.54, 1.807) is 24.1 Å². The normalized spacial score (nSPS) is 22.7. The highest BCUT2D eigenvalue weighted by Gasteiger charge is 2.42. The molecule has 1 amide bonds. The molecule has 2 aromatic carbocycles. The second kappa shape index (κ2) is 9.12. The maximum atomic E-state index is 14.1. The Hall–Kier alpha value is -2.48. The number of nitrogens with zero attached hydrogens (tertiary/aromatic N) is 2. The van der Waals surface area contributed by atoms with Gasteiger partial charge in [0.1, 0.15) is 11.6 Å². The van der Waals surface area contributed by atoms with Gasteiger partial charge in [0.05, 0.1) is 39.0 Å². The van der Waals surface area contributed by atoms with Gasteiger partial charge in [-0.15, -0.1) is 0 Å². The van der Waals surface area contributed by atoms with Crippen LogP contribution in [-0.4, -0.2) is 68.0 Å². The molecule has 2 aromatic rings.